The van der Waals surface area contributed by atoms with Crippen LogP contribution in [0.2, 0.25) is 0 Å². The Balaban J connectivity index is 1.88. The molecule has 2 aliphatic heterocycles. The van der Waals surface area contributed by atoms with Gasteiger partial charge in [-0.3, -0.25) is 4.79 Å². The zero-order valence-electron chi connectivity index (χ0n) is 14.7. The second-order valence-electron chi connectivity index (χ2n) is 7.52. The highest BCUT2D eigenvalue weighted by Crippen LogP contribution is 2.42. The minimum Gasteiger partial charge on any atom is -0.477 e. The third-order valence-electron chi connectivity index (χ3n) is 5.78. The lowest BCUT2D eigenvalue weighted by molar-refractivity contribution is 0.0695. The Bertz CT molecular complexity index is 1050. The van der Waals surface area contributed by atoms with Crippen LogP contribution in [0, 0.1) is 5.82 Å². The zero-order valence-corrected chi connectivity index (χ0v) is 14.7. The Morgan fingerprint density at radius 3 is 2.85 bits per heavy atom. The molecule has 27 heavy (non-hydrogen) atoms. The Labute approximate surface area is 154 Å². The summed E-state index contributed by atoms with van der Waals surface area (Å²) in [5, 5.41) is 12.9. The first kappa shape index (κ1) is 16.5. The van der Waals surface area contributed by atoms with Crippen molar-refractivity contribution in [2.75, 3.05) is 24.5 Å². The Morgan fingerprint density at radius 2 is 2.11 bits per heavy atom. The van der Waals surface area contributed by atoms with Crippen molar-refractivity contribution < 1.29 is 14.3 Å². The van der Waals surface area contributed by atoms with Crippen molar-refractivity contribution in [3.05, 3.63) is 45.5 Å². The highest BCUT2D eigenvalue weighted by Gasteiger charge is 2.33. The molecule has 2 aromatic rings. The van der Waals surface area contributed by atoms with E-state index in [-0.39, 0.29) is 23.0 Å². The molecule has 0 amide bonds. The number of hydrogen-bond acceptors (Lipinski definition) is 4. The Kier molecular flexibility index (Phi) is 3.62. The van der Waals surface area contributed by atoms with Crippen LogP contribution in [0.5, 0.6) is 0 Å². The largest absolute Gasteiger partial charge is 0.477 e. The van der Waals surface area contributed by atoms with Crippen molar-refractivity contribution >= 4 is 28.6 Å². The van der Waals surface area contributed by atoms with Crippen LogP contribution in [0.4, 0.5) is 10.1 Å². The van der Waals surface area contributed by atoms with Gasteiger partial charge in [-0.15, -0.1) is 0 Å². The second kappa shape index (κ2) is 5.92. The maximum atomic E-state index is 15.2. The van der Waals surface area contributed by atoms with E-state index < -0.39 is 17.2 Å². The van der Waals surface area contributed by atoms with Crippen LogP contribution >= 0.6 is 0 Å². The molecule has 3 heterocycles. The fraction of sp³-hybridized carbons (Fsp3) is 0.400. The average molecular weight is 369 g/mol. The molecule has 1 saturated carbocycles. The van der Waals surface area contributed by atoms with E-state index in [1.165, 1.54) is 12.3 Å². The van der Waals surface area contributed by atoms with Crippen LogP contribution in [0.15, 0.2) is 23.1 Å². The molecule has 3 aliphatic rings. The van der Waals surface area contributed by atoms with E-state index in [2.05, 4.69) is 10.2 Å². The van der Waals surface area contributed by atoms with E-state index in [9.17, 15) is 14.7 Å². The van der Waals surface area contributed by atoms with Gasteiger partial charge in [0.1, 0.15) is 11.4 Å². The number of carboxylic acids is 1. The highest BCUT2D eigenvalue weighted by atomic mass is 19.1. The third-order valence-corrected chi connectivity index (χ3v) is 5.78. The van der Waals surface area contributed by atoms with Gasteiger partial charge in [-0.2, -0.15) is 0 Å². The molecule has 1 saturated heterocycles. The van der Waals surface area contributed by atoms with Crippen LogP contribution in [0.1, 0.15) is 41.2 Å². The molecular formula is C20H20FN3O3. The molecule has 2 fully saturated rings. The molecule has 1 aromatic carbocycles. The first-order valence-corrected chi connectivity index (χ1v) is 9.35. The number of aromatic carboxylic acids is 1. The van der Waals surface area contributed by atoms with Crippen LogP contribution in [-0.4, -0.2) is 41.3 Å². The van der Waals surface area contributed by atoms with Gasteiger partial charge in [0.2, 0.25) is 5.43 Å². The molecule has 2 N–H and O–H groups in total. The molecule has 1 aliphatic carbocycles. The summed E-state index contributed by atoms with van der Waals surface area (Å²) < 4.78 is 17.1. The molecule has 5 rings (SSSR count). The maximum absolute atomic E-state index is 15.2. The van der Waals surface area contributed by atoms with Gasteiger partial charge in [-0.05, 0) is 25.3 Å². The van der Waals surface area contributed by atoms with E-state index in [1.54, 1.807) is 0 Å². The minimum absolute atomic E-state index is 0.149. The quantitative estimate of drug-likeness (QED) is 0.850. The number of pyridine rings is 1. The van der Waals surface area contributed by atoms with Crippen molar-refractivity contribution in [3.63, 3.8) is 0 Å². The molecule has 1 atom stereocenters. The van der Waals surface area contributed by atoms with Gasteiger partial charge in [0.15, 0.2) is 0 Å². The lowest BCUT2D eigenvalue weighted by Crippen LogP contribution is -2.51. The summed E-state index contributed by atoms with van der Waals surface area (Å²) in [7, 11) is 0. The smallest absolute Gasteiger partial charge is 0.341 e. The molecule has 6 nitrogen and oxygen atoms in total. The maximum Gasteiger partial charge on any atom is 0.341 e. The number of benzene rings is 1. The van der Waals surface area contributed by atoms with Crippen molar-refractivity contribution in [1.29, 1.82) is 0 Å². The summed E-state index contributed by atoms with van der Waals surface area (Å²) in [5.74, 6) is -1.73. The summed E-state index contributed by atoms with van der Waals surface area (Å²) in [4.78, 5) is 26.4. The van der Waals surface area contributed by atoms with Gasteiger partial charge in [-0.1, -0.05) is 12.2 Å². The third kappa shape index (κ3) is 2.49. The molecular weight excluding hydrogens is 349 g/mol. The van der Waals surface area contributed by atoms with Gasteiger partial charge in [-0.25, -0.2) is 9.18 Å². The fourth-order valence-electron chi connectivity index (χ4n) is 4.36. The van der Waals surface area contributed by atoms with E-state index in [1.807, 2.05) is 16.7 Å². The molecule has 1 aromatic heterocycles. The number of nitrogens with zero attached hydrogens (tertiary/aromatic N) is 2. The SMILES string of the molecule is O=C(O)c1cn(C2CC2)c2c3c(c(F)cc2c1=O)N1CCNCC1CC=C3. The van der Waals surface area contributed by atoms with Gasteiger partial charge in [0, 0.05) is 43.5 Å². The van der Waals surface area contributed by atoms with Gasteiger partial charge in [0.25, 0.3) is 0 Å². The van der Waals surface area contributed by atoms with E-state index in [0.29, 0.717) is 23.3 Å². The highest BCUT2D eigenvalue weighted by molar-refractivity contribution is 5.98. The Hall–Kier alpha value is -2.67. The number of carboxylic acid groups (broad SMARTS) is 1. The van der Waals surface area contributed by atoms with Crippen LogP contribution in [0.3, 0.4) is 0 Å². The number of hydrogen-bond donors (Lipinski definition) is 2. The molecule has 0 spiro atoms. The summed E-state index contributed by atoms with van der Waals surface area (Å²) in [6.07, 6.45) is 8.03. The first-order valence-electron chi connectivity index (χ1n) is 9.35. The first-order chi connectivity index (χ1) is 13.1. The molecule has 7 heteroatoms. The summed E-state index contributed by atoms with van der Waals surface area (Å²) in [6, 6.07) is 1.57. The number of aromatic nitrogens is 1. The van der Waals surface area contributed by atoms with Crippen molar-refractivity contribution in [3.8, 4) is 0 Å². The monoisotopic (exact) mass is 369 g/mol. The van der Waals surface area contributed by atoms with Crippen LogP contribution in [0.25, 0.3) is 17.0 Å². The van der Waals surface area contributed by atoms with E-state index in [4.69, 9.17) is 0 Å². The molecule has 140 valence electrons. The van der Waals surface area contributed by atoms with Gasteiger partial charge >= 0.3 is 5.97 Å². The zero-order chi connectivity index (χ0) is 18.7. The molecule has 0 radical (unpaired) electrons. The normalized spacial score (nSPS) is 21.7. The number of rotatable bonds is 2. The van der Waals surface area contributed by atoms with Crippen molar-refractivity contribution in [2.45, 2.75) is 31.3 Å². The number of fused-ring (bicyclic) bond motifs is 5. The lowest BCUT2D eigenvalue weighted by Gasteiger charge is -2.38. The minimum atomic E-state index is -1.27. The molecule has 0 bridgehead atoms. The molecule has 1 unspecified atom stereocenters. The topological polar surface area (TPSA) is 74.6 Å². The van der Waals surface area contributed by atoms with Crippen molar-refractivity contribution in [2.24, 2.45) is 0 Å². The van der Waals surface area contributed by atoms with E-state index in [0.717, 1.165) is 32.4 Å². The summed E-state index contributed by atoms with van der Waals surface area (Å²) in [5.41, 5.74) is 0.950. The number of carbonyl (C=O) groups is 1. The number of anilines is 1. The second-order valence-corrected chi connectivity index (χ2v) is 7.52. The number of nitrogens with one attached hydrogen (secondary N) is 1. The fourth-order valence-corrected chi connectivity index (χ4v) is 4.36. The summed E-state index contributed by atoms with van der Waals surface area (Å²) >= 11 is 0. The lowest BCUT2D eigenvalue weighted by atomic mass is 10.0. The number of piperazine rings is 1. The Morgan fingerprint density at radius 1 is 1.30 bits per heavy atom. The predicted molar refractivity (Wildman–Crippen MR) is 101 cm³/mol. The average Bonchev–Trinajstić information content (AvgIpc) is 3.48. The number of halogens is 1. The van der Waals surface area contributed by atoms with Crippen molar-refractivity contribution in [1.82, 2.24) is 9.88 Å². The standard InChI is InChI=1S/C20H20FN3O3/c21-16-8-14-17(24(11-4-5-11)10-15(19(14)25)20(26)27)13-3-1-2-12-9-22-6-7-23(12)18(13)16/h1,3,8,10-12,22H,2,4-7,9H2,(H,26,27). The predicted octanol–water partition coefficient (Wildman–Crippen LogP) is 2.37. The van der Waals surface area contributed by atoms with Gasteiger partial charge in [0.05, 0.1) is 16.6 Å². The van der Waals surface area contributed by atoms with Crippen LogP contribution < -0.4 is 15.6 Å². The van der Waals surface area contributed by atoms with Crippen LogP contribution in [-0.2, 0) is 0 Å². The summed E-state index contributed by atoms with van der Waals surface area (Å²) in [6.45, 7) is 2.26. The van der Waals surface area contributed by atoms with Gasteiger partial charge < -0.3 is 19.9 Å². The van der Waals surface area contributed by atoms with E-state index >= 15 is 4.39 Å².